The van der Waals surface area contributed by atoms with Gasteiger partial charge in [-0.25, -0.2) is 9.59 Å². The van der Waals surface area contributed by atoms with Crippen molar-refractivity contribution in [3.05, 3.63) is 35.5 Å². The number of ether oxygens (including phenoxy) is 2. The lowest BCUT2D eigenvalue weighted by molar-refractivity contribution is -0.182. The average Bonchev–Trinajstić information content (AvgIpc) is 2.79. The molecule has 1 aliphatic heterocycles. The van der Waals surface area contributed by atoms with E-state index in [0.29, 0.717) is 6.42 Å². The monoisotopic (exact) mass is 380 g/mol. The summed E-state index contributed by atoms with van der Waals surface area (Å²) in [6, 6.07) is 0. The van der Waals surface area contributed by atoms with E-state index in [-0.39, 0.29) is 12.0 Å². The third-order valence-electron chi connectivity index (χ3n) is 5.13. The summed E-state index contributed by atoms with van der Waals surface area (Å²) < 4.78 is 10.9. The molecule has 27 heavy (non-hydrogen) atoms. The summed E-state index contributed by atoms with van der Waals surface area (Å²) in [6.07, 6.45) is 0.432. The van der Waals surface area contributed by atoms with Crippen molar-refractivity contribution in [3.63, 3.8) is 0 Å². The molecule has 2 aliphatic rings. The highest BCUT2D eigenvalue weighted by atomic mass is 16.6. The van der Waals surface area contributed by atoms with Gasteiger partial charge in [-0.1, -0.05) is 23.8 Å². The third-order valence-corrected chi connectivity index (χ3v) is 5.13. The van der Waals surface area contributed by atoms with Gasteiger partial charge in [0.05, 0.1) is 18.1 Å². The molecule has 7 nitrogen and oxygen atoms in total. The van der Waals surface area contributed by atoms with E-state index >= 15 is 0 Å². The molecule has 150 valence electrons. The Morgan fingerprint density at radius 1 is 1.33 bits per heavy atom. The highest BCUT2D eigenvalue weighted by Crippen LogP contribution is 2.36. The number of aliphatic hydroxyl groups is 3. The lowest BCUT2D eigenvalue weighted by Crippen LogP contribution is -2.49. The smallest absolute Gasteiger partial charge is 0.340 e. The highest BCUT2D eigenvalue weighted by molar-refractivity contribution is 5.91. The van der Waals surface area contributed by atoms with Crippen LogP contribution in [0.3, 0.4) is 0 Å². The highest BCUT2D eigenvalue weighted by Gasteiger charge is 2.47. The van der Waals surface area contributed by atoms with E-state index in [1.807, 2.05) is 6.92 Å². The fourth-order valence-electron chi connectivity index (χ4n) is 3.30. The Hall–Kier alpha value is -1.96. The van der Waals surface area contributed by atoms with Crippen LogP contribution in [0.5, 0.6) is 0 Å². The van der Waals surface area contributed by atoms with Gasteiger partial charge in [0.2, 0.25) is 0 Å². The molecule has 0 spiro atoms. The standard InChI is InChI=1S/C20H28O7/c1-10-6-14(22)7-11(2)9-16(27-19(24)20(5,25)13(4)21)17-12(3)18(23)26-15(17)8-10/h7-8,13-17,21-22,25H,3,6,9H2,1-2,4-5H3/b10-8+,11-7+/t13-,14+,15+,16+,17-,20-/m0/s1. The molecule has 1 fully saturated rings. The molecule has 0 aromatic rings. The zero-order chi connectivity index (χ0) is 20.5. The van der Waals surface area contributed by atoms with Crippen molar-refractivity contribution in [1.29, 1.82) is 0 Å². The first kappa shape index (κ1) is 21.3. The van der Waals surface area contributed by atoms with Crippen LogP contribution in [0.25, 0.3) is 0 Å². The molecule has 0 aromatic carbocycles. The van der Waals surface area contributed by atoms with Crippen LogP contribution in [0.4, 0.5) is 0 Å². The molecule has 6 atom stereocenters. The Kier molecular flexibility index (Phi) is 6.29. The number of rotatable bonds is 3. The van der Waals surface area contributed by atoms with Crippen molar-refractivity contribution in [1.82, 2.24) is 0 Å². The van der Waals surface area contributed by atoms with Crippen LogP contribution in [0, 0.1) is 5.92 Å². The van der Waals surface area contributed by atoms with Crippen molar-refractivity contribution < 1.29 is 34.4 Å². The topological polar surface area (TPSA) is 113 Å². The number of fused-ring (bicyclic) bond motifs is 1. The summed E-state index contributed by atoms with van der Waals surface area (Å²) in [4.78, 5) is 24.5. The van der Waals surface area contributed by atoms with E-state index in [2.05, 4.69) is 6.58 Å². The van der Waals surface area contributed by atoms with E-state index in [0.717, 1.165) is 11.1 Å². The first-order chi connectivity index (χ1) is 12.4. The van der Waals surface area contributed by atoms with Crippen LogP contribution in [0.1, 0.15) is 40.5 Å². The fraction of sp³-hybridized carbons (Fsp3) is 0.600. The van der Waals surface area contributed by atoms with Crippen molar-refractivity contribution in [2.45, 2.75) is 70.6 Å². The summed E-state index contributed by atoms with van der Waals surface area (Å²) in [5, 5.41) is 30.0. The van der Waals surface area contributed by atoms with Gasteiger partial charge in [0.15, 0.2) is 5.60 Å². The maximum atomic E-state index is 12.5. The Bertz CT molecular complexity index is 686. The van der Waals surface area contributed by atoms with Gasteiger partial charge in [-0.3, -0.25) is 0 Å². The first-order valence-electron chi connectivity index (χ1n) is 8.97. The molecule has 1 saturated heterocycles. The van der Waals surface area contributed by atoms with Crippen molar-refractivity contribution >= 4 is 11.9 Å². The summed E-state index contributed by atoms with van der Waals surface area (Å²) in [7, 11) is 0. The molecule has 0 unspecified atom stereocenters. The van der Waals surface area contributed by atoms with Crippen LogP contribution >= 0.6 is 0 Å². The molecule has 0 saturated carbocycles. The minimum atomic E-state index is -2.10. The molecule has 2 rings (SSSR count). The van der Waals surface area contributed by atoms with E-state index < -0.39 is 47.9 Å². The van der Waals surface area contributed by atoms with E-state index in [1.165, 1.54) is 13.8 Å². The molecule has 1 heterocycles. The predicted molar refractivity (Wildman–Crippen MR) is 97.4 cm³/mol. The number of carbonyl (C=O) groups is 2. The lowest BCUT2D eigenvalue weighted by atomic mass is 9.85. The van der Waals surface area contributed by atoms with Gasteiger partial charge in [-0.05, 0) is 40.2 Å². The van der Waals surface area contributed by atoms with Gasteiger partial charge in [0.25, 0.3) is 0 Å². The van der Waals surface area contributed by atoms with Gasteiger partial charge >= 0.3 is 11.9 Å². The minimum Gasteiger partial charge on any atom is -0.459 e. The van der Waals surface area contributed by atoms with Gasteiger partial charge < -0.3 is 24.8 Å². The summed E-state index contributed by atoms with van der Waals surface area (Å²) in [5.41, 5.74) is -0.324. The molecule has 0 radical (unpaired) electrons. The SMILES string of the molecule is C=C1C(=O)O[C@@H]2/C=C(\C)C[C@@H](O)/C=C(\C)C[C@@H](OC(=O)[C@@](C)(O)[C@H](C)O)[C@@H]12. The molecule has 0 amide bonds. The first-order valence-corrected chi connectivity index (χ1v) is 8.97. The Labute approximate surface area is 159 Å². The average molecular weight is 380 g/mol. The fourth-order valence-corrected chi connectivity index (χ4v) is 3.30. The normalized spacial score (nSPS) is 36.3. The van der Waals surface area contributed by atoms with Gasteiger partial charge in [-0.15, -0.1) is 0 Å². The number of hydrogen-bond donors (Lipinski definition) is 3. The molecular formula is C20H28O7. The number of hydrogen-bond acceptors (Lipinski definition) is 7. The number of esters is 2. The molecule has 0 bridgehead atoms. The second-order valence-electron chi connectivity index (χ2n) is 7.69. The van der Waals surface area contributed by atoms with Gasteiger partial charge in [0.1, 0.15) is 12.2 Å². The minimum absolute atomic E-state index is 0.187. The molecule has 0 aromatic heterocycles. The second kappa shape index (κ2) is 7.96. The lowest BCUT2D eigenvalue weighted by Gasteiger charge is -2.31. The van der Waals surface area contributed by atoms with E-state index in [9.17, 15) is 24.9 Å². The number of carbonyl (C=O) groups excluding carboxylic acids is 2. The molecule has 3 N–H and O–H groups in total. The van der Waals surface area contributed by atoms with Crippen molar-refractivity contribution in [2.75, 3.05) is 0 Å². The van der Waals surface area contributed by atoms with Crippen molar-refractivity contribution in [3.8, 4) is 0 Å². The van der Waals surface area contributed by atoms with E-state index in [1.54, 1.807) is 19.1 Å². The molecular weight excluding hydrogens is 352 g/mol. The molecule has 7 heteroatoms. The summed E-state index contributed by atoms with van der Waals surface area (Å²) in [5.74, 6) is -2.20. The maximum absolute atomic E-state index is 12.5. The Morgan fingerprint density at radius 2 is 1.93 bits per heavy atom. The van der Waals surface area contributed by atoms with Crippen LogP contribution in [-0.2, 0) is 19.1 Å². The zero-order valence-electron chi connectivity index (χ0n) is 16.1. The Morgan fingerprint density at radius 3 is 2.52 bits per heavy atom. The molecule has 1 aliphatic carbocycles. The maximum Gasteiger partial charge on any atom is 0.340 e. The van der Waals surface area contributed by atoms with Gasteiger partial charge in [0, 0.05) is 12.0 Å². The van der Waals surface area contributed by atoms with Crippen LogP contribution < -0.4 is 0 Å². The van der Waals surface area contributed by atoms with Crippen molar-refractivity contribution in [2.24, 2.45) is 5.92 Å². The second-order valence-corrected chi connectivity index (χ2v) is 7.69. The summed E-state index contributed by atoms with van der Waals surface area (Å²) >= 11 is 0. The number of aliphatic hydroxyl groups excluding tert-OH is 2. The Balaban J connectivity index is 2.42. The quantitative estimate of drug-likeness (QED) is 0.383. The zero-order valence-corrected chi connectivity index (χ0v) is 16.1. The van der Waals surface area contributed by atoms with Crippen LogP contribution in [0.2, 0.25) is 0 Å². The van der Waals surface area contributed by atoms with E-state index in [4.69, 9.17) is 9.47 Å². The largest absolute Gasteiger partial charge is 0.459 e. The third kappa shape index (κ3) is 4.66. The van der Waals surface area contributed by atoms with Crippen LogP contribution in [0.15, 0.2) is 35.5 Å². The predicted octanol–water partition coefficient (Wildman–Crippen LogP) is 1.18. The van der Waals surface area contributed by atoms with Crippen LogP contribution in [-0.4, -0.2) is 57.3 Å². The summed E-state index contributed by atoms with van der Waals surface area (Å²) in [6.45, 7) is 9.84. The van der Waals surface area contributed by atoms with Gasteiger partial charge in [-0.2, -0.15) is 0 Å².